The molecule has 4 rings (SSSR count). The van der Waals surface area contributed by atoms with Crippen LogP contribution in [0.1, 0.15) is 26.2 Å². The van der Waals surface area contributed by atoms with Gasteiger partial charge in [-0.25, -0.2) is 9.51 Å². The topological polar surface area (TPSA) is 82.0 Å². The van der Waals surface area contributed by atoms with Gasteiger partial charge in [-0.3, -0.25) is 4.79 Å². The molecule has 152 valence electrons. The van der Waals surface area contributed by atoms with E-state index in [1.807, 2.05) is 24.4 Å². The first-order valence-electron chi connectivity index (χ1n) is 10.2. The Morgan fingerprint density at radius 1 is 1.24 bits per heavy atom. The molecule has 0 saturated carbocycles. The van der Waals surface area contributed by atoms with Gasteiger partial charge < -0.3 is 15.0 Å². The van der Waals surface area contributed by atoms with E-state index in [2.05, 4.69) is 12.1 Å². The van der Waals surface area contributed by atoms with Crippen molar-refractivity contribution in [2.45, 2.75) is 26.2 Å². The number of nitrogens with zero attached hydrogens (tertiary/aromatic N) is 4. The lowest BCUT2D eigenvalue weighted by Crippen LogP contribution is -2.50. The summed E-state index contributed by atoms with van der Waals surface area (Å²) in [4.78, 5) is 16.6. The Balaban J connectivity index is 1.62. The van der Waals surface area contributed by atoms with Gasteiger partial charge in [-0.05, 0) is 50.0 Å². The molecular weight excluding hydrogens is 366 g/mol. The number of likely N-dealkylation sites (tertiary alicyclic amines) is 1. The van der Waals surface area contributed by atoms with Gasteiger partial charge in [0.1, 0.15) is 13.2 Å². The van der Waals surface area contributed by atoms with Crippen LogP contribution in [0.4, 0.5) is 5.69 Å². The van der Waals surface area contributed by atoms with Crippen molar-refractivity contribution in [1.29, 1.82) is 0 Å². The molecule has 0 spiro atoms. The summed E-state index contributed by atoms with van der Waals surface area (Å²) in [5, 5.41) is 4.58. The number of likely N-dealkylation sites (N-methyl/N-ethyl adjacent to an activating group) is 1. The van der Waals surface area contributed by atoms with E-state index in [1.54, 1.807) is 17.5 Å². The van der Waals surface area contributed by atoms with E-state index in [9.17, 15) is 4.79 Å². The fraction of sp³-hybridized carbons (Fsp3) is 0.409. The third kappa shape index (κ3) is 4.10. The summed E-state index contributed by atoms with van der Waals surface area (Å²) in [5.41, 5.74) is 9.05. The highest BCUT2D eigenvalue weighted by atomic mass is 16.5. The molecule has 29 heavy (non-hydrogen) atoms. The third-order valence-electron chi connectivity index (χ3n) is 5.81. The Hall–Kier alpha value is -2.93. The van der Waals surface area contributed by atoms with E-state index in [-0.39, 0.29) is 5.78 Å². The van der Waals surface area contributed by atoms with Crippen molar-refractivity contribution in [3.05, 3.63) is 47.8 Å². The number of pyridine rings is 1. The zero-order valence-corrected chi connectivity index (χ0v) is 17.1. The summed E-state index contributed by atoms with van der Waals surface area (Å²) in [7, 11) is 2.30. The molecule has 7 heteroatoms. The molecule has 0 amide bonds. The number of hydrogen-bond donors (Lipinski definition) is 1. The van der Waals surface area contributed by atoms with Gasteiger partial charge >= 0.3 is 0 Å². The van der Waals surface area contributed by atoms with Gasteiger partial charge in [-0.2, -0.15) is 0 Å². The van der Waals surface area contributed by atoms with Crippen molar-refractivity contribution in [2.24, 2.45) is 10.7 Å². The fourth-order valence-corrected chi connectivity index (χ4v) is 3.93. The first kappa shape index (κ1) is 19.4. The number of quaternary nitrogens is 1. The van der Waals surface area contributed by atoms with Gasteiger partial charge in [0.05, 0.1) is 37.1 Å². The summed E-state index contributed by atoms with van der Waals surface area (Å²) < 4.78 is 8.91. The average Bonchev–Trinajstić information content (AvgIpc) is 3.04. The molecule has 1 aliphatic carbocycles. The van der Waals surface area contributed by atoms with E-state index in [1.165, 1.54) is 38.4 Å². The molecule has 0 unspecified atom stereocenters. The van der Waals surface area contributed by atoms with Crippen LogP contribution < -0.4 is 10.5 Å². The highest BCUT2D eigenvalue weighted by Crippen LogP contribution is 2.33. The molecule has 1 saturated heterocycles. The predicted octanol–water partition coefficient (Wildman–Crippen LogP) is 2.79. The quantitative estimate of drug-likeness (QED) is 0.624. The molecule has 2 aromatic rings. The minimum absolute atomic E-state index is 0.0868. The van der Waals surface area contributed by atoms with Crippen LogP contribution in [-0.4, -0.2) is 58.9 Å². The molecule has 0 bridgehead atoms. The Bertz CT molecular complexity index is 1020. The number of aromatic nitrogens is 2. The molecule has 2 aromatic heterocycles. The molecule has 2 aliphatic rings. The highest BCUT2D eigenvalue weighted by molar-refractivity contribution is 6.22. The van der Waals surface area contributed by atoms with E-state index >= 15 is 0 Å². The number of hydrogen-bond acceptors (Lipinski definition) is 5. The highest BCUT2D eigenvalue weighted by Gasteiger charge is 2.25. The van der Waals surface area contributed by atoms with Gasteiger partial charge in [0.15, 0.2) is 11.5 Å². The largest absolute Gasteiger partial charge is 0.469 e. The number of allylic oxidation sites excluding steroid dienone is 3. The molecule has 0 aromatic carbocycles. The molecule has 2 N–H and O–H groups in total. The smallest absolute Gasteiger partial charge is 0.260 e. The Kier molecular flexibility index (Phi) is 5.24. The normalized spacial score (nSPS) is 20.6. The fourth-order valence-electron chi connectivity index (χ4n) is 3.93. The van der Waals surface area contributed by atoms with E-state index < -0.39 is 0 Å². The summed E-state index contributed by atoms with van der Waals surface area (Å²) in [6, 6.07) is 5.80. The third-order valence-corrected chi connectivity index (χ3v) is 5.81. The van der Waals surface area contributed by atoms with Crippen LogP contribution in [-0.2, 0) is 4.79 Å². The SMILES string of the molecule is CC1=C/C(=N\c2c(OCC[N+]3(C)CCCCC3)nn3ccccc23)C(N)=CC1=O. The second kappa shape index (κ2) is 7.83. The predicted molar refractivity (Wildman–Crippen MR) is 113 cm³/mol. The summed E-state index contributed by atoms with van der Waals surface area (Å²) >= 11 is 0. The van der Waals surface area contributed by atoms with E-state index in [0.29, 0.717) is 35.2 Å². The second-order valence-electron chi connectivity index (χ2n) is 8.17. The maximum atomic E-state index is 11.8. The van der Waals surface area contributed by atoms with Gasteiger partial charge in [0, 0.05) is 12.3 Å². The van der Waals surface area contributed by atoms with Crippen LogP contribution in [0.5, 0.6) is 5.88 Å². The maximum Gasteiger partial charge on any atom is 0.260 e. The van der Waals surface area contributed by atoms with Crippen molar-refractivity contribution in [3.8, 4) is 5.88 Å². The Labute approximate surface area is 170 Å². The molecular formula is C22H28N5O2+. The summed E-state index contributed by atoms with van der Waals surface area (Å²) in [5.74, 6) is 0.402. The van der Waals surface area contributed by atoms with E-state index in [0.717, 1.165) is 16.5 Å². The number of fused-ring (bicyclic) bond motifs is 1. The lowest BCUT2D eigenvalue weighted by molar-refractivity contribution is -0.914. The van der Waals surface area contributed by atoms with Crippen molar-refractivity contribution in [1.82, 2.24) is 9.61 Å². The first-order chi connectivity index (χ1) is 14.0. The number of ether oxygens (including phenoxy) is 1. The van der Waals surface area contributed by atoms with Crippen molar-refractivity contribution in [2.75, 3.05) is 33.3 Å². The van der Waals surface area contributed by atoms with Crippen LogP contribution in [0.2, 0.25) is 0 Å². The monoisotopic (exact) mass is 394 g/mol. The number of ketones is 1. The molecule has 0 atom stereocenters. The van der Waals surface area contributed by atoms with Gasteiger partial charge in [0.25, 0.3) is 5.88 Å². The first-order valence-corrected chi connectivity index (χ1v) is 10.2. The van der Waals surface area contributed by atoms with Crippen molar-refractivity contribution >= 4 is 22.7 Å². The lowest BCUT2D eigenvalue weighted by Gasteiger charge is -2.37. The molecule has 1 aliphatic heterocycles. The lowest BCUT2D eigenvalue weighted by atomic mass is 10.0. The van der Waals surface area contributed by atoms with Crippen LogP contribution in [0.3, 0.4) is 0 Å². The summed E-state index contributed by atoms with van der Waals surface area (Å²) in [6.45, 7) is 5.68. The minimum atomic E-state index is -0.0868. The molecule has 0 radical (unpaired) electrons. The van der Waals surface area contributed by atoms with Crippen LogP contribution in [0.15, 0.2) is 52.8 Å². The average molecular weight is 394 g/mol. The standard InChI is InChI=1S/C22H27N5O2/c1-16-14-18(17(23)15-20(16)28)24-21-19-8-4-5-9-26(19)25-22(21)29-13-12-27(2)10-6-3-7-11-27/h4-5,8-9,14-15H,3,6-7,10-13H2,1-2H3,(H-,23,28)/p+1/b24-18+. The van der Waals surface area contributed by atoms with Crippen molar-refractivity contribution < 1.29 is 14.0 Å². The number of rotatable bonds is 5. The van der Waals surface area contributed by atoms with E-state index in [4.69, 9.17) is 15.5 Å². The van der Waals surface area contributed by atoms with Crippen LogP contribution in [0.25, 0.3) is 5.52 Å². The number of piperidine rings is 1. The summed E-state index contributed by atoms with van der Waals surface area (Å²) in [6.07, 6.45) is 8.89. The molecule has 3 heterocycles. The number of aliphatic imine (C=N–C) groups is 1. The zero-order valence-electron chi connectivity index (χ0n) is 17.1. The maximum absolute atomic E-state index is 11.8. The molecule has 7 nitrogen and oxygen atoms in total. The number of nitrogens with two attached hydrogens (primary N) is 1. The Morgan fingerprint density at radius 3 is 2.83 bits per heavy atom. The minimum Gasteiger partial charge on any atom is -0.469 e. The van der Waals surface area contributed by atoms with Gasteiger partial charge in [-0.15, -0.1) is 5.10 Å². The zero-order chi connectivity index (χ0) is 20.4. The Morgan fingerprint density at radius 2 is 2.03 bits per heavy atom. The molecule has 1 fully saturated rings. The number of carbonyl (C=O) groups excluding carboxylic acids is 1. The number of carbonyl (C=O) groups is 1. The van der Waals surface area contributed by atoms with Gasteiger partial charge in [-0.1, -0.05) is 6.07 Å². The second-order valence-corrected chi connectivity index (χ2v) is 8.17. The van der Waals surface area contributed by atoms with Gasteiger partial charge in [0.2, 0.25) is 0 Å². The van der Waals surface area contributed by atoms with Crippen LogP contribution in [0, 0.1) is 0 Å². The van der Waals surface area contributed by atoms with Crippen molar-refractivity contribution in [3.63, 3.8) is 0 Å². The van der Waals surface area contributed by atoms with Crippen LogP contribution >= 0.6 is 0 Å².